The highest BCUT2D eigenvalue weighted by Crippen LogP contribution is 2.11. The molecule has 0 saturated heterocycles. The van der Waals surface area contributed by atoms with Gasteiger partial charge in [0.25, 0.3) is 5.82 Å². The van der Waals surface area contributed by atoms with Crippen LogP contribution in [0.15, 0.2) is 30.3 Å². The van der Waals surface area contributed by atoms with Crippen molar-refractivity contribution < 1.29 is 4.98 Å². The molecule has 0 aliphatic carbocycles. The van der Waals surface area contributed by atoms with Crippen LogP contribution in [0.4, 0.5) is 5.82 Å². The molecule has 2 aromatic rings. The zero-order valence-electron chi connectivity index (χ0n) is 6.96. The number of nitrogens with two attached hydrogens (primary N) is 1. The maximum absolute atomic E-state index is 5.62. The minimum Gasteiger partial charge on any atom is -0.287 e. The minimum absolute atomic E-state index is 0.702. The first kappa shape index (κ1) is 7.10. The smallest absolute Gasteiger partial charge is 0.270 e. The normalized spacial score (nSPS) is 10.4. The van der Waals surface area contributed by atoms with Gasteiger partial charge in [-0.05, 0) is 24.6 Å². The number of aromatic nitrogens is 1. The lowest BCUT2D eigenvalue weighted by Gasteiger charge is -1.95. The van der Waals surface area contributed by atoms with Crippen LogP contribution >= 0.6 is 0 Å². The average Bonchev–Trinajstić information content (AvgIpc) is 2.03. The standard InChI is InChI=1S/C10H10N2/c1-7-2-3-8-4-5-10(11)12-9(8)6-7/h2-6H,1H3,(H2,11,12)/p+1. The van der Waals surface area contributed by atoms with Gasteiger partial charge in [0, 0.05) is 11.5 Å². The minimum atomic E-state index is 0.702. The zero-order chi connectivity index (χ0) is 8.55. The van der Waals surface area contributed by atoms with Gasteiger partial charge in [0.1, 0.15) is 5.52 Å². The molecule has 60 valence electrons. The number of rotatable bonds is 0. The van der Waals surface area contributed by atoms with Crippen molar-refractivity contribution in [1.82, 2.24) is 0 Å². The first-order valence-electron chi connectivity index (χ1n) is 3.94. The number of nitrogens with one attached hydrogen (secondary N) is 1. The fourth-order valence-electron chi connectivity index (χ4n) is 1.30. The molecular formula is C10H11N2+. The maximum Gasteiger partial charge on any atom is 0.270 e. The molecule has 1 heterocycles. The van der Waals surface area contributed by atoms with E-state index in [0.717, 1.165) is 5.52 Å². The van der Waals surface area contributed by atoms with E-state index in [1.807, 2.05) is 12.1 Å². The Labute approximate surface area is 71.0 Å². The number of hydrogen-bond acceptors (Lipinski definition) is 1. The summed E-state index contributed by atoms with van der Waals surface area (Å²) in [6.07, 6.45) is 0. The van der Waals surface area contributed by atoms with E-state index in [4.69, 9.17) is 5.73 Å². The third kappa shape index (κ3) is 1.11. The Balaban J connectivity index is 2.80. The molecule has 2 rings (SSSR count). The average molecular weight is 159 g/mol. The first-order valence-corrected chi connectivity index (χ1v) is 3.94. The van der Waals surface area contributed by atoms with E-state index in [1.165, 1.54) is 10.9 Å². The molecule has 1 aromatic heterocycles. The van der Waals surface area contributed by atoms with Crippen LogP contribution in [0.1, 0.15) is 5.56 Å². The van der Waals surface area contributed by atoms with Gasteiger partial charge in [-0.15, -0.1) is 0 Å². The fraction of sp³-hybridized carbons (Fsp3) is 0.100. The lowest BCUT2D eigenvalue weighted by Crippen LogP contribution is -2.10. The summed E-state index contributed by atoms with van der Waals surface area (Å²) >= 11 is 0. The molecule has 3 N–H and O–H groups in total. The number of aromatic amines is 1. The van der Waals surface area contributed by atoms with Crippen molar-refractivity contribution in [1.29, 1.82) is 0 Å². The lowest BCUT2D eigenvalue weighted by molar-refractivity contribution is -0.326. The van der Waals surface area contributed by atoms with Crippen molar-refractivity contribution in [2.24, 2.45) is 0 Å². The Morgan fingerprint density at radius 2 is 1.92 bits per heavy atom. The van der Waals surface area contributed by atoms with Crippen LogP contribution in [0.3, 0.4) is 0 Å². The van der Waals surface area contributed by atoms with E-state index >= 15 is 0 Å². The molecule has 0 bridgehead atoms. The Kier molecular flexibility index (Phi) is 1.47. The monoisotopic (exact) mass is 159 g/mol. The van der Waals surface area contributed by atoms with Crippen LogP contribution < -0.4 is 10.7 Å². The Bertz CT molecular complexity index is 384. The molecule has 0 fully saturated rings. The number of nitrogen functional groups attached to an aromatic ring is 1. The summed E-state index contributed by atoms with van der Waals surface area (Å²) in [5, 5.41) is 1.19. The summed E-state index contributed by atoms with van der Waals surface area (Å²) in [5.41, 5.74) is 7.95. The molecule has 0 aliphatic rings. The number of pyridine rings is 1. The summed E-state index contributed by atoms with van der Waals surface area (Å²) in [5.74, 6) is 0.702. The number of fused-ring (bicyclic) bond motifs is 1. The molecule has 0 unspecified atom stereocenters. The van der Waals surface area contributed by atoms with Gasteiger partial charge in [0.15, 0.2) is 0 Å². The van der Waals surface area contributed by atoms with Gasteiger partial charge in [-0.2, -0.15) is 0 Å². The Morgan fingerprint density at radius 3 is 2.75 bits per heavy atom. The Morgan fingerprint density at radius 1 is 1.17 bits per heavy atom. The van der Waals surface area contributed by atoms with Gasteiger partial charge in [-0.3, -0.25) is 5.73 Å². The number of H-pyrrole nitrogens is 1. The van der Waals surface area contributed by atoms with Gasteiger partial charge >= 0.3 is 0 Å². The van der Waals surface area contributed by atoms with Crippen LogP contribution in [0.25, 0.3) is 10.9 Å². The third-order valence-electron chi connectivity index (χ3n) is 1.93. The fourth-order valence-corrected chi connectivity index (χ4v) is 1.30. The number of benzene rings is 1. The van der Waals surface area contributed by atoms with Crippen molar-refractivity contribution in [2.45, 2.75) is 6.92 Å². The summed E-state index contributed by atoms with van der Waals surface area (Å²) < 4.78 is 0. The molecule has 12 heavy (non-hydrogen) atoms. The molecule has 1 aromatic carbocycles. The van der Waals surface area contributed by atoms with Gasteiger partial charge in [-0.25, -0.2) is 4.98 Å². The topological polar surface area (TPSA) is 40.2 Å². The molecule has 2 heteroatoms. The van der Waals surface area contributed by atoms with Crippen LogP contribution in [0, 0.1) is 6.92 Å². The van der Waals surface area contributed by atoms with Gasteiger partial charge in [0.05, 0.1) is 0 Å². The predicted octanol–water partition coefficient (Wildman–Crippen LogP) is 1.54. The molecule has 0 spiro atoms. The molecule has 0 aliphatic heterocycles. The van der Waals surface area contributed by atoms with Crippen molar-refractivity contribution >= 4 is 16.7 Å². The SMILES string of the molecule is Cc1ccc2ccc(N)[nH+]c2c1. The van der Waals surface area contributed by atoms with E-state index in [1.54, 1.807) is 0 Å². The van der Waals surface area contributed by atoms with Crippen LogP contribution in [0.2, 0.25) is 0 Å². The third-order valence-corrected chi connectivity index (χ3v) is 1.93. The van der Waals surface area contributed by atoms with Crippen molar-refractivity contribution in [3.63, 3.8) is 0 Å². The van der Waals surface area contributed by atoms with E-state index < -0.39 is 0 Å². The van der Waals surface area contributed by atoms with E-state index in [2.05, 4.69) is 30.1 Å². The second kappa shape index (κ2) is 2.48. The summed E-state index contributed by atoms with van der Waals surface area (Å²) in [4.78, 5) is 3.11. The number of anilines is 1. The van der Waals surface area contributed by atoms with E-state index in [9.17, 15) is 0 Å². The molecule has 0 saturated carbocycles. The Hall–Kier alpha value is -1.57. The second-order valence-electron chi connectivity index (χ2n) is 3.00. The van der Waals surface area contributed by atoms with Crippen LogP contribution in [-0.4, -0.2) is 0 Å². The molecule has 0 atom stereocenters. The summed E-state index contributed by atoms with van der Waals surface area (Å²) in [7, 11) is 0. The predicted molar refractivity (Wildman–Crippen MR) is 49.7 cm³/mol. The highest BCUT2D eigenvalue weighted by atomic mass is 14.8. The quantitative estimate of drug-likeness (QED) is 0.622. The highest BCUT2D eigenvalue weighted by Gasteiger charge is 1.98. The molecule has 2 nitrogen and oxygen atoms in total. The van der Waals surface area contributed by atoms with Crippen molar-refractivity contribution in [3.05, 3.63) is 35.9 Å². The summed E-state index contributed by atoms with van der Waals surface area (Å²) in [6, 6.07) is 10.1. The highest BCUT2D eigenvalue weighted by molar-refractivity contribution is 5.76. The van der Waals surface area contributed by atoms with Gasteiger partial charge < -0.3 is 0 Å². The summed E-state index contributed by atoms with van der Waals surface area (Å²) in [6.45, 7) is 2.07. The van der Waals surface area contributed by atoms with Gasteiger partial charge in [0.2, 0.25) is 0 Å². The number of aryl methyl sites for hydroxylation is 1. The van der Waals surface area contributed by atoms with E-state index in [-0.39, 0.29) is 0 Å². The lowest BCUT2D eigenvalue weighted by atomic mass is 10.1. The first-order chi connectivity index (χ1) is 5.75. The second-order valence-corrected chi connectivity index (χ2v) is 3.00. The molecular weight excluding hydrogens is 148 g/mol. The van der Waals surface area contributed by atoms with Crippen molar-refractivity contribution in [3.8, 4) is 0 Å². The van der Waals surface area contributed by atoms with Crippen molar-refractivity contribution in [2.75, 3.05) is 5.73 Å². The van der Waals surface area contributed by atoms with Gasteiger partial charge in [-0.1, -0.05) is 12.1 Å². The largest absolute Gasteiger partial charge is 0.287 e. The molecule has 0 radical (unpaired) electrons. The van der Waals surface area contributed by atoms with E-state index in [0.29, 0.717) is 5.82 Å². The maximum atomic E-state index is 5.62. The molecule has 0 amide bonds. The van der Waals surface area contributed by atoms with Crippen LogP contribution in [0.5, 0.6) is 0 Å². The zero-order valence-corrected chi connectivity index (χ0v) is 6.96. The van der Waals surface area contributed by atoms with Crippen LogP contribution in [-0.2, 0) is 0 Å². The number of hydrogen-bond donors (Lipinski definition) is 1.